The second kappa shape index (κ2) is 21.3. The summed E-state index contributed by atoms with van der Waals surface area (Å²) in [6, 6.07) is 15.8. The summed E-state index contributed by atoms with van der Waals surface area (Å²) in [5, 5.41) is 0. The fraction of sp³-hybridized carbons (Fsp3) is 0. The molecule has 0 aromatic heterocycles. The van der Waals surface area contributed by atoms with E-state index in [1.807, 2.05) is 0 Å². The Morgan fingerprint density at radius 2 is 0.591 bits per heavy atom. The van der Waals surface area contributed by atoms with E-state index in [1.165, 1.54) is 24.3 Å². The molecule has 0 amide bonds. The minimum Gasteiger partial charge on any atom is -0.299 e. The van der Waals surface area contributed by atoms with Crippen molar-refractivity contribution >= 4 is 66.3 Å². The van der Waals surface area contributed by atoms with Crippen LogP contribution in [0.2, 0.25) is 0 Å². The molecule has 2 rings (SSSR count). The normalized spacial score (nSPS) is 13.5. The van der Waals surface area contributed by atoms with Gasteiger partial charge in [-0.1, -0.05) is 0 Å². The van der Waals surface area contributed by atoms with Gasteiger partial charge in [-0.05, 0) is 0 Å². The molecule has 262 valence electrons. The van der Waals surface area contributed by atoms with Gasteiger partial charge in [0.1, 0.15) is 0 Å². The monoisotopic (exact) mass is 896 g/mol. The molecule has 2 aromatic carbocycles. The Kier molecular flexibility index (Phi) is 24.4. The number of halogens is 7. The first-order valence-corrected chi connectivity index (χ1v) is 21.9. The van der Waals surface area contributed by atoms with E-state index in [2.05, 4.69) is 2.85 Å². The van der Waals surface area contributed by atoms with Crippen LogP contribution >= 0.6 is 66.3 Å². The zero-order chi connectivity index (χ0) is 36.4. The van der Waals surface area contributed by atoms with E-state index in [9.17, 15) is 32.8 Å². The smallest absolute Gasteiger partial charge is 0.299 e. The van der Waals surface area contributed by atoms with Crippen LogP contribution < -0.4 is 0 Å². The molecule has 0 saturated heterocycles. The van der Waals surface area contributed by atoms with Crippen molar-refractivity contribution in [3.05, 3.63) is 67.8 Å². The Morgan fingerprint density at radius 1 is 0.432 bits per heavy atom. The van der Waals surface area contributed by atoms with Gasteiger partial charge in [0.15, 0.2) is 0 Å². The molecule has 44 heavy (non-hydrogen) atoms. The minimum absolute atomic E-state index is 0.229. The van der Waals surface area contributed by atoms with E-state index in [0.29, 0.717) is 0 Å². The summed E-state index contributed by atoms with van der Waals surface area (Å²) in [7, 11) is -31.0. The average molecular weight is 896 g/mol. The molecule has 1 atom stereocenters. The van der Waals surface area contributed by atoms with Gasteiger partial charge in [-0.3, -0.25) is 48.9 Å². The van der Waals surface area contributed by atoms with Crippen molar-refractivity contribution in [3.8, 4) is 0 Å². The topological polar surface area (TPSA) is 351 Å². The molecular formula is C12H21F6IO19P6. The van der Waals surface area contributed by atoms with Gasteiger partial charge in [0, 0.05) is 0 Å². The number of hydrogen-bond donors (Lipinski definition) is 11. The van der Waals surface area contributed by atoms with Crippen molar-refractivity contribution in [2.24, 2.45) is 0 Å². The van der Waals surface area contributed by atoms with Crippen LogP contribution in [0, 0.1) is 7.14 Å². The predicted octanol–water partition coefficient (Wildman–Crippen LogP) is 4.36. The summed E-state index contributed by atoms with van der Waals surface area (Å²) in [6.07, 6.45) is 0. The first-order chi connectivity index (χ1) is 18.9. The largest absolute Gasteiger partial charge is 0.507 e. The molecule has 0 aliphatic heterocycles. The van der Waals surface area contributed by atoms with Crippen LogP contribution in [0.15, 0.2) is 60.7 Å². The van der Waals surface area contributed by atoms with Gasteiger partial charge < -0.3 is 0 Å². The third-order valence-corrected chi connectivity index (χ3v) is 10.4. The molecule has 11 N–H and O–H groups in total. The molecule has 0 aliphatic carbocycles. The number of benzene rings is 2. The molecule has 0 heterocycles. The maximum atomic E-state index is 13.0. The Balaban J connectivity index is -0.000000263. The first kappa shape index (κ1) is 50.3. The van der Waals surface area contributed by atoms with E-state index < -0.39 is 66.3 Å². The van der Waals surface area contributed by atoms with Gasteiger partial charge in [-0.15, -0.1) is 21.0 Å². The predicted molar refractivity (Wildman–Crippen MR) is 143 cm³/mol. The molecule has 1 unspecified atom stereocenters. The second-order valence-corrected chi connectivity index (χ2v) is 18.0. The summed E-state index contributed by atoms with van der Waals surface area (Å²) >= 11 is -4.78. The van der Waals surface area contributed by atoms with Crippen molar-refractivity contribution in [3.63, 3.8) is 0 Å². The van der Waals surface area contributed by atoms with E-state index >= 15 is 0 Å². The van der Waals surface area contributed by atoms with Crippen molar-refractivity contribution in [1.82, 2.24) is 0 Å². The molecule has 0 bridgehead atoms. The third kappa shape index (κ3) is 60.6. The summed E-state index contributed by atoms with van der Waals surface area (Å²) < 4.78 is 137. The number of hydrogen-bond acceptors (Lipinski definition) is 8. The molecule has 0 saturated carbocycles. The van der Waals surface area contributed by atoms with Crippen LogP contribution in [0.1, 0.15) is 0 Å². The quantitative estimate of drug-likeness (QED) is 0.115. The summed E-state index contributed by atoms with van der Waals surface area (Å²) in [6.45, 7) is 0. The molecule has 2 aromatic rings. The molecule has 0 radical (unpaired) electrons. The van der Waals surface area contributed by atoms with Crippen LogP contribution in [-0.2, 0) is 33.3 Å². The zero-order valence-corrected chi connectivity index (χ0v) is 27.8. The Bertz CT molecular complexity index is 1220. The Labute approximate surface area is 246 Å². The van der Waals surface area contributed by atoms with Crippen LogP contribution in [0.4, 0.5) is 25.2 Å². The van der Waals surface area contributed by atoms with Gasteiger partial charge in [-0.2, -0.15) is 0 Å². The summed E-state index contributed by atoms with van der Waals surface area (Å²) in [5.41, 5.74) is 0. The molecule has 0 fully saturated rings. The van der Waals surface area contributed by atoms with Crippen molar-refractivity contribution in [1.29, 1.82) is 0 Å². The van der Waals surface area contributed by atoms with E-state index in [4.69, 9.17) is 76.7 Å². The van der Waals surface area contributed by atoms with E-state index in [0.717, 1.165) is 0 Å². The minimum atomic E-state index is -5.35. The standard InChI is InChI=1S/C12H11FIO4P.5FH2O3P/c13-19(16,17)18-14(15,11-7-3-1-4-8-11)12-9-5-2-6-10-12;5*1-5(2,3)4/h1-10H,(H,16,17);5*(H2,2,3,4). The van der Waals surface area contributed by atoms with Gasteiger partial charge in [0.05, 0.1) is 0 Å². The molecule has 32 heteroatoms. The molecule has 0 aliphatic rings. The Morgan fingerprint density at radius 3 is 0.727 bits per heavy atom. The maximum absolute atomic E-state index is 13.0. The fourth-order valence-electron chi connectivity index (χ4n) is 1.49. The first-order valence-electron chi connectivity index (χ1n) is 9.00. The third-order valence-electron chi connectivity index (χ3n) is 2.22. The average Bonchev–Trinajstić information content (AvgIpc) is 2.68. The summed E-state index contributed by atoms with van der Waals surface area (Å²) in [4.78, 5) is 78.4. The Hall–Kier alpha value is -0.550. The zero-order valence-electron chi connectivity index (χ0n) is 20.3. The molecular weight excluding hydrogens is 875 g/mol. The molecule has 0 spiro atoms. The van der Waals surface area contributed by atoms with Crippen molar-refractivity contribution in [2.45, 2.75) is 0 Å². The van der Waals surface area contributed by atoms with Crippen molar-refractivity contribution in [2.75, 3.05) is 0 Å². The van der Waals surface area contributed by atoms with Crippen LogP contribution in [-0.4, -0.2) is 53.8 Å². The van der Waals surface area contributed by atoms with Gasteiger partial charge >= 0.3 is 154 Å². The molecule has 19 nitrogen and oxygen atoms in total. The van der Waals surface area contributed by atoms with Crippen LogP contribution in [0.25, 0.3) is 0 Å². The van der Waals surface area contributed by atoms with Gasteiger partial charge in [0.2, 0.25) is 0 Å². The van der Waals surface area contributed by atoms with Crippen LogP contribution in [0.5, 0.6) is 0 Å². The maximum Gasteiger partial charge on any atom is 0.507 e. The van der Waals surface area contributed by atoms with E-state index in [-0.39, 0.29) is 7.14 Å². The van der Waals surface area contributed by atoms with Gasteiger partial charge in [0.25, 0.3) is 0 Å². The van der Waals surface area contributed by atoms with Gasteiger partial charge in [-0.25, -0.2) is 22.8 Å². The van der Waals surface area contributed by atoms with Crippen molar-refractivity contribution < 1.29 is 112 Å². The van der Waals surface area contributed by atoms with Crippen LogP contribution in [0.3, 0.4) is 0 Å². The SMILES string of the molecule is O=P(O)(F)OI(=O)(c1ccccc1)c1ccccc1.O=P(O)(O)F.O=P(O)(O)F.O=P(O)(O)F.O=P(O)(O)F.O=P(O)(O)F. The van der Waals surface area contributed by atoms with E-state index in [1.54, 1.807) is 36.4 Å². The fourth-order valence-corrected chi connectivity index (χ4v) is 8.75. The summed E-state index contributed by atoms with van der Waals surface area (Å²) in [5.74, 6) is 0. The number of rotatable bonds is 4. The second-order valence-electron chi connectivity index (χ2n) is 5.94.